The molecule has 0 aliphatic rings. The van der Waals surface area contributed by atoms with Crippen molar-refractivity contribution in [2.75, 3.05) is 0 Å². The lowest BCUT2D eigenvalue weighted by atomic mass is 9.82. The first kappa shape index (κ1) is 17.7. The lowest BCUT2D eigenvalue weighted by Gasteiger charge is -2.22. The van der Waals surface area contributed by atoms with Crippen LogP contribution in [0.5, 0.6) is 0 Å². The molecule has 0 fully saturated rings. The zero-order valence-corrected chi connectivity index (χ0v) is 18.0. The molecule has 0 atom stereocenters. The van der Waals surface area contributed by atoms with Crippen molar-refractivity contribution in [2.45, 2.75) is 26.2 Å². The van der Waals surface area contributed by atoms with Crippen LogP contribution in [0.15, 0.2) is 76.7 Å². The van der Waals surface area contributed by atoms with E-state index in [-0.39, 0.29) is 5.41 Å². The predicted octanol–water partition coefficient (Wildman–Crippen LogP) is 8.31. The third kappa shape index (κ3) is 2.52. The molecule has 0 unspecified atom stereocenters. The van der Waals surface area contributed by atoms with E-state index in [4.69, 9.17) is 9.40 Å². The van der Waals surface area contributed by atoms with E-state index in [1.807, 2.05) is 12.3 Å². The van der Waals surface area contributed by atoms with E-state index in [0.29, 0.717) is 0 Å². The van der Waals surface area contributed by atoms with E-state index < -0.39 is 0 Å². The smallest absolute Gasteiger partial charge is 0.139 e. The Morgan fingerprint density at radius 2 is 1.67 bits per heavy atom. The molecule has 3 aromatic heterocycles. The summed E-state index contributed by atoms with van der Waals surface area (Å²) >= 11 is 1.76. The Morgan fingerprint density at radius 1 is 0.833 bits per heavy atom. The highest BCUT2D eigenvalue weighted by Crippen LogP contribution is 2.42. The lowest BCUT2D eigenvalue weighted by molar-refractivity contribution is 0.596. The summed E-state index contributed by atoms with van der Waals surface area (Å²) in [6.45, 7) is 6.82. The summed E-state index contributed by atoms with van der Waals surface area (Å²) in [4.78, 5) is 4.87. The van der Waals surface area contributed by atoms with Crippen molar-refractivity contribution in [3.63, 3.8) is 0 Å². The van der Waals surface area contributed by atoms with Gasteiger partial charge in [0, 0.05) is 21.8 Å². The third-order valence-corrected chi connectivity index (χ3v) is 6.86. The van der Waals surface area contributed by atoms with Crippen LogP contribution in [-0.4, -0.2) is 4.98 Å². The minimum atomic E-state index is 0.0307. The van der Waals surface area contributed by atoms with Crippen molar-refractivity contribution in [3.8, 4) is 11.3 Å². The molecule has 0 spiro atoms. The van der Waals surface area contributed by atoms with Gasteiger partial charge in [-0.2, -0.15) is 0 Å². The summed E-state index contributed by atoms with van der Waals surface area (Å²) in [7, 11) is 0. The molecule has 30 heavy (non-hydrogen) atoms. The van der Waals surface area contributed by atoms with Crippen LogP contribution in [0.3, 0.4) is 0 Å². The predicted molar refractivity (Wildman–Crippen MR) is 129 cm³/mol. The first-order valence-corrected chi connectivity index (χ1v) is 11.1. The molecule has 3 heteroatoms. The molecule has 2 nitrogen and oxygen atoms in total. The molecule has 0 aliphatic carbocycles. The second-order valence-corrected chi connectivity index (χ2v) is 9.82. The Kier molecular flexibility index (Phi) is 3.63. The monoisotopic (exact) mass is 407 g/mol. The highest BCUT2D eigenvalue weighted by atomic mass is 32.1. The van der Waals surface area contributed by atoms with Gasteiger partial charge in [0.05, 0.1) is 11.1 Å². The molecule has 0 saturated carbocycles. The number of benzene rings is 3. The van der Waals surface area contributed by atoms with Gasteiger partial charge >= 0.3 is 0 Å². The normalized spacial score (nSPS) is 12.5. The number of pyridine rings is 1. The van der Waals surface area contributed by atoms with Gasteiger partial charge in [-0.25, -0.2) is 0 Å². The first-order chi connectivity index (χ1) is 14.5. The van der Waals surface area contributed by atoms with E-state index in [1.54, 1.807) is 11.3 Å². The van der Waals surface area contributed by atoms with Crippen LogP contribution >= 0.6 is 11.3 Å². The SMILES string of the molecule is CC(C)(C)c1cc(-c2nccc3oc4ccc5ccsc5c4c23)cc2ccccc12. The van der Waals surface area contributed by atoms with Crippen molar-refractivity contribution in [3.05, 3.63) is 77.8 Å². The molecule has 146 valence electrons. The summed E-state index contributed by atoms with van der Waals surface area (Å²) in [5, 5.41) is 8.22. The second-order valence-electron chi connectivity index (χ2n) is 8.91. The fourth-order valence-electron chi connectivity index (χ4n) is 4.51. The van der Waals surface area contributed by atoms with Crippen LogP contribution in [0.2, 0.25) is 0 Å². The molecular weight excluding hydrogens is 386 g/mol. The zero-order valence-electron chi connectivity index (χ0n) is 17.2. The highest BCUT2D eigenvalue weighted by Gasteiger charge is 2.21. The Hall–Kier alpha value is -3.17. The molecule has 0 radical (unpaired) electrons. The molecule has 3 heterocycles. The van der Waals surface area contributed by atoms with Gasteiger partial charge in [0.2, 0.25) is 0 Å². The minimum Gasteiger partial charge on any atom is -0.456 e. The third-order valence-electron chi connectivity index (χ3n) is 5.91. The van der Waals surface area contributed by atoms with Crippen LogP contribution in [0, 0.1) is 0 Å². The molecule has 0 saturated heterocycles. The summed E-state index contributed by atoms with van der Waals surface area (Å²) in [5.41, 5.74) is 5.31. The van der Waals surface area contributed by atoms with Crippen molar-refractivity contribution in [2.24, 2.45) is 0 Å². The van der Waals surface area contributed by atoms with Gasteiger partial charge in [-0.05, 0) is 68.9 Å². The van der Waals surface area contributed by atoms with Gasteiger partial charge in [0.25, 0.3) is 0 Å². The van der Waals surface area contributed by atoms with Gasteiger partial charge in [0.1, 0.15) is 11.2 Å². The van der Waals surface area contributed by atoms with E-state index in [0.717, 1.165) is 27.8 Å². The van der Waals surface area contributed by atoms with E-state index in [1.165, 1.54) is 31.8 Å². The molecular formula is C27H21NOS. The van der Waals surface area contributed by atoms with Crippen LogP contribution < -0.4 is 0 Å². The second kappa shape index (κ2) is 6.16. The Bertz CT molecular complexity index is 1580. The average Bonchev–Trinajstić information content (AvgIpc) is 3.35. The Morgan fingerprint density at radius 3 is 2.53 bits per heavy atom. The summed E-state index contributed by atoms with van der Waals surface area (Å²) in [5.74, 6) is 0. The highest BCUT2D eigenvalue weighted by molar-refractivity contribution is 7.18. The standard InChI is InChI=1S/C27H21NOS/c1-27(2,3)20-15-18(14-17-6-4-5-7-19(17)20)25-23-22(10-12-28-25)29-21-9-8-16-11-13-30-26(16)24(21)23/h4-15H,1-3H3. The van der Waals surface area contributed by atoms with Crippen LogP contribution in [0.1, 0.15) is 26.3 Å². The largest absolute Gasteiger partial charge is 0.456 e. The van der Waals surface area contributed by atoms with Crippen molar-refractivity contribution in [1.82, 2.24) is 4.98 Å². The zero-order chi connectivity index (χ0) is 20.5. The van der Waals surface area contributed by atoms with Gasteiger partial charge < -0.3 is 4.42 Å². The fourth-order valence-corrected chi connectivity index (χ4v) is 5.46. The van der Waals surface area contributed by atoms with E-state index >= 15 is 0 Å². The van der Waals surface area contributed by atoms with Crippen LogP contribution in [0.4, 0.5) is 0 Å². The summed E-state index contributed by atoms with van der Waals surface area (Å²) in [6.07, 6.45) is 1.86. The van der Waals surface area contributed by atoms with E-state index in [2.05, 4.69) is 80.7 Å². The molecule has 0 amide bonds. The number of hydrogen-bond donors (Lipinski definition) is 0. The number of thiophene rings is 1. The van der Waals surface area contributed by atoms with Crippen LogP contribution in [0.25, 0.3) is 54.1 Å². The number of nitrogens with zero attached hydrogens (tertiary/aromatic N) is 1. The maximum absolute atomic E-state index is 6.24. The molecule has 6 aromatic rings. The average molecular weight is 408 g/mol. The summed E-state index contributed by atoms with van der Waals surface area (Å²) < 4.78 is 7.51. The van der Waals surface area contributed by atoms with Gasteiger partial charge in [0.15, 0.2) is 0 Å². The van der Waals surface area contributed by atoms with Gasteiger partial charge in [-0.3, -0.25) is 4.98 Å². The van der Waals surface area contributed by atoms with Gasteiger partial charge in [-0.15, -0.1) is 11.3 Å². The van der Waals surface area contributed by atoms with Crippen molar-refractivity contribution < 1.29 is 4.42 Å². The Labute approximate surface area is 178 Å². The lowest BCUT2D eigenvalue weighted by Crippen LogP contribution is -2.12. The maximum Gasteiger partial charge on any atom is 0.139 e. The van der Waals surface area contributed by atoms with Crippen molar-refractivity contribution >= 4 is 54.1 Å². The number of furan rings is 1. The number of hydrogen-bond acceptors (Lipinski definition) is 3. The van der Waals surface area contributed by atoms with Crippen LogP contribution in [-0.2, 0) is 5.41 Å². The molecule has 6 rings (SSSR count). The molecule has 3 aromatic carbocycles. The minimum absolute atomic E-state index is 0.0307. The fraction of sp³-hybridized carbons (Fsp3) is 0.148. The summed E-state index contributed by atoms with van der Waals surface area (Å²) in [6, 6.07) is 21.6. The van der Waals surface area contributed by atoms with E-state index in [9.17, 15) is 0 Å². The molecule has 0 aliphatic heterocycles. The topological polar surface area (TPSA) is 26.0 Å². The number of aromatic nitrogens is 1. The Balaban J connectivity index is 1.76. The van der Waals surface area contributed by atoms with Crippen molar-refractivity contribution in [1.29, 1.82) is 0 Å². The number of rotatable bonds is 1. The number of fused-ring (bicyclic) bond motifs is 6. The molecule has 0 bridgehead atoms. The maximum atomic E-state index is 6.24. The van der Waals surface area contributed by atoms with Gasteiger partial charge in [-0.1, -0.05) is 45.0 Å². The molecule has 0 N–H and O–H groups in total. The first-order valence-electron chi connectivity index (χ1n) is 10.2. The quantitative estimate of drug-likeness (QED) is 0.274.